The van der Waals surface area contributed by atoms with E-state index in [1.54, 1.807) is 0 Å². The normalized spacial score (nSPS) is 17.7. The van der Waals surface area contributed by atoms with E-state index in [4.69, 9.17) is 0 Å². The van der Waals surface area contributed by atoms with Gasteiger partial charge in [0.2, 0.25) is 0 Å². The lowest BCUT2D eigenvalue weighted by atomic mass is 10.00. The Bertz CT molecular complexity index is 271. The van der Waals surface area contributed by atoms with Crippen LogP contribution in [0.5, 0.6) is 0 Å². The average molecular weight is 211 g/mol. The molecule has 0 saturated heterocycles. The summed E-state index contributed by atoms with van der Waals surface area (Å²) in [5, 5.41) is 14.2. The van der Waals surface area contributed by atoms with E-state index in [-0.39, 0.29) is 0 Å². The Kier molecular flexibility index (Phi) is 4.20. The second-order valence-electron chi connectivity index (χ2n) is 4.22. The highest BCUT2D eigenvalue weighted by Gasteiger charge is 2.24. The standard InChI is InChI=1S/C10H21N5/c1-6-7(2)15(5)9(4)8(3)10-11-13-14-12-10/h7-9H,6H2,1-5H3,(H,11,12,13,14). The van der Waals surface area contributed by atoms with Gasteiger partial charge in [0.1, 0.15) is 0 Å². The fourth-order valence-corrected chi connectivity index (χ4v) is 1.62. The lowest BCUT2D eigenvalue weighted by molar-refractivity contribution is 0.170. The van der Waals surface area contributed by atoms with Crippen LogP contribution in [-0.2, 0) is 0 Å². The Morgan fingerprint density at radius 3 is 2.47 bits per heavy atom. The molecule has 1 rings (SSSR count). The van der Waals surface area contributed by atoms with E-state index in [0.717, 1.165) is 12.2 Å². The summed E-state index contributed by atoms with van der Waals surface area (Å²) in [5.41, 5.74) is 0. The van der Waals surface area contributed by atoms with E-state index in [1.807, 2.05) is 0 Å². The van der Waals surface area contributed by atoms with Gasteiger partial charge in [0, 0.05) is 18.0 Å². The molecular weight excluding hydrogens is 190 g/mol. The SMILES string of the molecule is CCC(C)N(C)C(C)C(C)c1nn[nH]n1. The van der Waals surface area contributed by atoms with Crippen molar-refractivity contribution in [3.8, 4) is 0 Å². The van der Waals surface area contributed by atoms with E-state index in [9.17, 15) is 0 Å². The number of nitrogens with zero attached hydrogens (tertiary/aromatic N) is 4. The maximum Gasteiger partial charge on any atom is 0.178 e. The molecule has 0 aliphatic rings. The quantitative estimate of drug-likeness (QED) is 0.800. The van der Waals surface area contributed by atoms with Gasteiger partial charge in [-0.05, 0) is 27.3 Å². The molecule has 0 aliphatic carbocycles. The molecule has 5 nitrogen and oxygen atoms in total. The number of tetrazole rings is 1. The molecule has 5 heteroatoms. The number of likely N-dealkylation sites (N-methyl/N-ethyl adjacent to an activating group) is 1. The van der Waals surface area contributed by atoms with Gasteiger partial charge in [-0.1, -0.05) is 19.1 Å². The largest absolute Gasteiger partial charge is 0.300 e. The van der Waals surface area contributed by atoms with Gasteiger partial charge in [-0.3, -0.25) is 0 Å². The number of rotatable bonds is 5. The fourth-order valence-electron chi connectivity index (χ4n) is 1.62. The molecule has 0 aliphatic heterocycles. The van der Waals surface area contributed by atoms with Gasteiger partial charge in [0.15, 0.2) is 5.82 Å². The highest BCUT2D eigenvalue weighted by atomic mass is 15.5. The fraction of sp³-hybridized carbons (Fsp3) is 0.900. The van der Waals surface area contributed by atoms with E-state index in [1.165, 1.54) is 0 Å². The van der Waals surface area contributed by atoms with Crippen molar-refractivity contribution in [2.24, 2.45) is 0 Å². The summed E-state index contributed by atoms with van der Waals surface area (Å²) in [4.78, 5) is 2.36. The second-order valence-corrected chi connectivity index (χ2v) is 4.22. The smallest absolute Gasteiger partial charge is 0.178 e. The van der Waals surface area contributed by atoms with Crippen LogP contribution in [0.1, 0.15) is 45.9 Å². The summed E-state index contributed by atoms with van der Waals surface area (Å²) in [6, 6.07) is 0.993. The van der Waals surface area contributed by atoms with E-state index >= 15 is 0 Å². The van der Waals surface area contributed by atoms with Crippen LogP contribution in [0.3, 0.4) is 0 Å². The molecular formula is C10H21N5. The predicted octanol–water partition coefficient (Wildman–Crippen LogP) is 1.42. The molecule has 0 saturated carbocycles. The van der Waals surface area contributed by atoms with Gasteiger partial charge in [0.05, 0.1) is 0 Å². The van der Waals surface area contributed by atoms with Crippen molar-refractivity contribution in [3.63, 3.8) is 0 Å². The van der Waals surface area contributed by atoms with Crippen molar-refractivity contribution in [2.75, 3.05) is 7.05 Å². The van der Waals surface area contributed by atoms with Crippen molar-refractivity contribution in [2.45, 2.75) is 52.1 Å². The summed E-state index contributed by atoms with van der Waals surface area (Å²) in [6.07, 6.45) is 1.15. The van der Waals surface area contributed by atoms with Crippen LogP contribution < -0.4 is 0 Å². The first-order valence-electron chi connectivity index (χ1n) is 5.53. The molecule has 1 heterocycles. The van der Waals surface area contributed by atoms with Crippen LogP contribution in [0.2, 0.25) is 0 Å². The summed E-state index contributed by atoms with van der Waals surface area (Å²) < 4.78 is 0. The van der Waals surface area contributed by atoms with Crippen LogP contribution in [0.25, 0.3) is 0 Å². The Labute approximate surface area is 91.2 Å². The number of H-pyrrole nitrogens is 1. The minimum Gasteiger partial charge on any atom is -0.300 e. The molecule has 0 amide bonds. The van der Waals surface area contributed by atoms with Gasteiger partial charge < -0.3 is 4.90 Å². The lowest BCUT2D eigenvalue weighted by Gasteiger charge is -2.32. The van der Waals surface area contributed by atoms with Crippen molar-refractivity contribution in [3.05, 3.63) is 5.82 Å². The van der Waals surface area contributed by atoms with Gasteiger partial charge >= 0.3 is 0 Å². The number of aromatic nitrogens is 4. The molecule has 0 radical (unpaired) electrons. The summed E-state index contributed by atoms with van der Waals surface area (Å²) >= 11 is 0. The zero-order chi connectivity index (χ0) is 11.4. The van der Waals surface area contributed by atoms with Gasteiger partial charge in [-0.25, -0.2) is 0 Å². The first kappa shape index (κ1) is 12.1. The molecule has 1 N–H and O–H groups in total. The molecule has 1 aromatic heterocycles. The molecule has 15 heavy (non-hydrogen) atoms. The van der Waals surface area contributed by atoms with Crippen molar-refractivity contribution in [1.82, 2.24) is 25.5 Å². The Balaban J connectivity index is 2.64. The summed E-state index contributed by atoms with van der Waals surface area (Å²) in [5.74, 6) is 1.08. The molecule has 86 valence electrons. The molecule has 3 atom stereocenters. The Morgan fingerprint density at radius 1 is 1.33 bits per heavy atom. The summed E-state index contributed by atoms with van der Waals surface area (Å²) in [6.45, 7) is 8.77. The van der Waals surface area contributed by atoms with Crippen molar-refractivity contribution < 1.29 is 0 Å². The van der Waals surface area contributed by atoms with Crippen LogP contribution in [0.4, 0.5) is 0 Å². The van der Waals surface area contributed by atoms with E-state index < -0.39 is 0 Å². The number of hydrogen-bond acceptors (Lipinski definition) is 4. The Morgan fingerprint density at radius 2 is 2.00 bits per heavy atom. The zero-order valence-corrected chi connectivity index (χ0v) is 10.2. The zero-order valence-electron chi connectivity index (χ0n) is 10.2. The van der Waals surface area contributed by atoms with Crippen molar-refractivity contribution in [1.29, 1.82) is 0 Å². The Hall–Kier alpha value is -0.970. The molecule has 1 aromatic rings. The highest BCUT2D eigenvalue weighted by molar-refractivity contribution is 4.94. The molecule has 0 spiro atoms. The maximum atomic E-state index is 4.03. The molecule has 0 fully saturated rings. The monoisotopic (exact) mass is 211 g/mol. The topological polar surface area (TPSA) is 57.7 Å². The third-order valence-electron chi connectivity index (χ3n) is 3.42. The average Bonchev–Trinajstić information content (AvgIpc) is 2.78. The van der Waals surface area contributed by atoms with E-state index in [2.05, 4.69) is 60.3 Å². The number of aromatic amines is 1. The van der Waals surface area contributed by atoms with Crippen LogP contribution in [0, 0.1) is 0 Å². The minimum absolute atomic E-state index is 0.294. The minimum atomic E-state index is 0.294. The van der Waals surface area contributed by atoms with Crippen LogP contribution in [-0.4, -0.2) is 44.7 Å². The summed E-state index contributed by atoms with van der Waals surface area (Å²) in [7, 11) is 2.15. The van der Waals surface area contributed by atoms with Gasteiger partial charge in [-0.15, -0.1) is 10.2 Å². The van der Waals surface area contributed by atoms with Crippen LogP contribution in [0.15, 0.2) is 0 Å². The number of nitrogens with one attached hydrogen (secondary N) is 1. The third-order valence-corrected chi connectivity index (χ3v) is 3.42. The molecule has 0 aromatic carbocycles. The molecule has 3 unspecified atom stereocenters. The van der Waals surface area contributed by atoms with Gasteiger partial charge in [-0.2, -0.15) is 5.21 Å². The van der Waals surface area contributed by atoms with Crippen LogP contribution >= 0.6 is 0 Å². The predicted molar refractivity (Wildman–Crippen MR) is 59.6 cm³/mol. The molecule has 0 bridgehead atoms. The highest BCUT2D eigenvalue weighted by Crippen LogP contribution is 2.20. The lowest BCUT2D eigenvalue weighted by Crippen LogP contribution is -2.39. The first-order chi connectivity index (χ1) is 7.07. The number of hydrogen-bond donors (Lipinski definition) is 1. The van der Waals surface area contributed by atoms with E-state index in [0.29, 0.717) is 18.0 Å². The maximum absolute atomic E-state index is 4.03. The van der Waals surface area contributed by atoms with Gasteiger partial charge in [0.25, 0.3) is 0 Å². The third kappa shape index (κ3) is 2.75. The van der Waals surface area contributed by atoms with Crippen molar-refractivity contribution >= 4 is 0 Å². The second kappa shape index (κ2) is 5.21. The first-order valence-corrected chi connectivity index (χ1v) is 5.53.